The molecule has 16 heavy (non-hydrogen) atoms. The van der Waals surface area contributed by atoms with Gasteiger partial charge in [-0.2, -0.15) is 5.10 Å². The minimum absolute atomic E-state index is 0.314. The van der Waals surface area contributed by atoms with Gasteiger partial charge in [0, 0.05) is 19.4 Å². The zero-order valence-corrected chi connectivity index (χ0v) is 9.00. The zero-order chi connectivity index (χ0) is 11.4. The maximum atomic E-state index is 5.43. The van der Waals surface area contributed by atoms with Crippen molar-refractivity contribution in [3.8, 4) is 11.8 Å². The SMILES string of the molecule is Cn1cc(Oc2ncc(CCN)cn2)cn1. The van der Waals surface area contributed by atoms with E-state index >= 15 is 0 Å². The molecule has 2 aromatic heterocycles. The molecule has 0 aliphatic heterocycles. The van der Waals surface area contributed by atoms with Gasteiger partial charge in [-0.1, -0.05) is 0 Å². The van der Waals surface area contributed by atoms with E-state index in [9.17, 15) is 0 Å². The molecule has 0 unspecified atom stereocenters. The van der Waals surface area contributed by atoms with Gasteiger partial charge < -0.3 is 10.5 Å². The summed E-state index contributed by atoms with van der Waals surface area (Å²) in [4.78, 5) is 8.15. The lowest BCUT2D eigenvalue weighted by Crippen LogP contribution is -2.03. The molecular formula is C10H13N5O. The molecule has 0 fully saturated rings. The Morgan fingerprint density at radius 1 is 1.31 bits per heavy atom. The van der Waals surface area contributed by atoms with Gasteiger partial charge in [0.25, 0.3) is 0 Å². The van der Waals surface area contributed by atoms with E-state index in [0.29, 0.717) is 18.3 Å². The van der Waals surface area contributed by atoms with Gasteiger partial charge in [-0.05, 0) is 18.5 Å². The summed E-state index contributed by atoms with van der Waals surface area (Å²) in [6.45, 7) is 0.589. The third-order valence-corrected chi connectivity index (χ3v) is 2.00. The summed E-state index contributed by atoms with van der Waals surface area (Å²) in [5, 5.41) is 3.98. The molecule has 0 amide bonds. The van der Waals surface area contributed by atoms with E-state index in [4.69, 9.17) is 10.5 Å². The second-order valence-electron chi connectivity index (χ2n) is 3.36. The maximum absolute atomic E-state index is 5.43. The lowest BCUT2D eigenvalue weighted by molar-refractivity contribution is 0.440. The summed E-state index contributed by atoms with van der Waals surface area (Å²) >= 11 is 0. The monoisotopic (exact) mass is 219 g/mol. The summed E-state index contributed by atoms with van der Waals surface area (Å²) in [7, 11) is 1.82. The number of ether oxygens (including phenoxy) is 1. The highest BCUT2D eigenvalue weighted by atomic mass is 16.5. The molecule has 2 N–H and O–H groups in total. The van der Waals surface area contributed by atoms with E-state index in [1.165, 1.54) is 0 Å². The van der Waals surface area contributed by atoms with Crippen LogP contribution in [0.4, 0.5) is 0 Å². The van der Waals surface area contributed by atoms with Crippen LogP contribution in [0.1, 0.15) is 5.56 Å². The van der Waals surface area contributed by atoms with Crippen LogP contribution in [0.2, 0.25) is 0 Å². The molecule has 84 valence electrons. The van der Waals surface area contributed by atoms with E-state index in [1.54, 1.807) is 29.5 Å². The van der Waals surface area contributed by atoms with E-state index < -0.39 is 0 Å². The van der Waals surface area contributed by atoms with Crippen molar-refractivity contribution < 1.29 is 4.74 Å². The Bertz CT molecular complexity index is 450. The summed E-state index contributed by atoms with van der Waals surface area (Å²) in [5.74, 6) is 0.620. The lowest BCUT2D eigenvalue weighted by atomic mass is 10.2. The van der Waals surface area contributed by atoms with Crippen molar-refractivity contribution in [2.75, 3.05) is 6.54 Å². The van der Waals surface area contributed by atoms with Crippen molar-refractivity contribution in [2.24, 2.45) is 12.8 Å². The molecule has 0 atom stereocenters. The van der Waals surface area contributed by atoms with Gasteiger partial charge in [-0.3, -0.25) is 4.68 Å². The molecule has 2 aromatic rings. The van der Waals surface area contributed by atoms with Crippen LogP contribution in [0.5, 0.6) is 11.8 Å². The fourth-order valence-electron chi connectivity index (χ4n) is 1.25. The normalized spacial score (nSPS) is 10.4. The first-order chi connectivity index (χ1) is 7.78. The molecule has 6 nitrogen and oxygen atoms in total. The standard InChI is InChI=1S/C10H13N5O/c1-15-7-9(6-14-15)16-10-12-4-8(2-3-11)5-13-10/h4-7H,2-3,11H2,1H3. The van der Waals surface area contributed by atoms with Crippen LogP contribution in [-0.4, -0.2) is 26.3 Å². The second kappa shape index (κ2) is 4.71. The largest absolute Gasteiger partial charge is 0.421 e. The molecule has 0 aromatic carbocycles. The topological polar surface area (TPSA) is 78.9 Å². The van der Waals surface area contributed by atoms with Crippen LogP contribution in [0.15, 0.2) is 24.8 Å². The number of aromatic nitrogens is 4. The molecule has 2 heterocycles. The van der Waals surface area contributed by atoms with Crippen molar-refractivity contribution in [2.45, 2.75) is 6.42 Å². The number of nitrogens with zero attached hydrogens (tertiary/aromatic N) is 4. The van der Waals surface area contributed by atoms with Gasteiger partial charge in [0.05, 0.1) is 12.4 Å². The van der Waals surface area contributed by atoms with Crippen LogP contribution in [-0.2, 0) is 13.5 Å². The Morgan fingerprint density at radius 2 is 2.06 bits per heavy atom. The average Bonchev–Trinajstić information content (AvgIpc) is 2.67. The molecule has 0 bridgehead atoms. The van der Waals surface area contributed by atoms with Crippen LogP contribution >= 0.6 is 0 Å². The quantitative estimate of drug-likeness (QED) is 0.810. The smallest absolute Gasteiger partial charge is 0.321 e. The second-order valence-corrected chi connectivity index (χ2v) is 3.36. The van der Waals surface area contributed by atoms with Crippen molar-refractivity contribution in [3.05, 3.63) is 30.4 Å². The first-order valence-electron chi connectivity index (χ1n) is 4.95. The van der Waals surface area contributed by atoms with Crippen LogP contribution in [0, 0.1) is 0 Å². The summed E-state index contributed by atoms with van der Waals surface area (Å²) in [6, 6.07) is 0.314. The van der Waals surface area contributed by atoms with E-state index in [0.717, 1.165) is 12.0 Å². The zero-order valence-electron chi connectivity index (χ0n) is 9.00. The average molecular weight is 219 g/mol. The van der Waals surface area contributed by atoms with Crippen LogP contribution in [0.3, 0.4) is 0 Å². The molecule has 0 aliphatic carbocycles. The highest BCUT2D eigenvalue weighted by Crippen LogP contribution is 2.15. The molecule has 0 spiro atoms. The van der Waals surface area contributed by atoms with Crippen molar-refractivity contribution in [1.82, 2.24) is 19.7 Å². The minimum Gasteiger partial charge on any atom is -0.421 e. The molecule has 0 saturated heterocycles. The molecular weight excluding hydrogens is 206 g/mol. The Balaban J connectivity index is 2.05. The fourth-order valence-corrected chi connectivity index (χ4v) is 1.25. The Labute approximate surface area is 93.1 Å². The van der Waals surface area contributed by atoms with Gasteiger partial charge in [-0.15, -0.1) is 0 Å². The minimum atomic E-state index is 0.314. The van der Waals surface area contributed by atoms with E-state index in [1.807, 2.05) is 7.05 Å². The van der Waals surface area contributed by atoms with Crippen molar-refractivity contribution >= 4 is 0 Å². The van der Waals surface area contributed by atoms with Gasteiger partial charge in [0.2, 0.25) is 0 Å². The van der Waals surface area contributed by atoms with Gasteiger partial charge in [0.15, 0.2) is 5.75 Å². The number of aryl methyl sites for hydroxylation is 1. The summed E-state index contributed by atoms with van der Waals surface area (Å²) in [5.41, 5.74) is 6.43. The number of nitrogens with two attached hydrogens (primary N) is 1. The Kier molecular flexibility index (Phi) is 3.11. The Hall–Kier alpha value is -1.95. The highest BCUT2D eigenvalue weighted by molar-refractivity contribution is 5.17. The molecule has 0 aliphatic rings. The lowest BCUT2D eigenvalue weighted by Gasteiger charge is -2.01. The Morgan fingerprint density at radius 3 is 2.62 bits per heavy atom. The van der Waals surface area contributed by atoms with Gasteiger partial charge in [-0.25, -0.2) is 9.97 Å². The maximum Gasteiger partial charge on any atom is 0.321 e. The third kappa shape index (κ3) is 2.54. The van der Waals surface area contributed by atoms with Gasteiger partial charge in [0.1, 0.15) is 0 Å². The van der Waals surface area contributed by atoms with Crippen LogP contribution in [0.25, 0.3) is 0 Å². The molecule has 0 radical (unpaired) electrons. The summed E-state index contributed by atoms with van der Waals surface area (Å²) < 4.78 is 7.05. The number of hydrogen-bond acceptors (Lipinski definition) is 5. The summed E-state index contributed by atoms with van der Waals surface area (Å²) in [6.07, 6.45) is 7.55. The third-order valence-electron chi connectivity index (χ3n) is 2.00. The molecule has 6 heteroatoms. The number of hydrogen-bond donors (Lipinski definition) is 1. The van der Waals surface area contributed by atoms with E-state index in [2.05, 4.69) is 15.1 Å². The predicted octanol–water partition coefficient (Wildman–Crippen LogP) is 0.504. The van der Waals surface area contributed by atoms with Crippen LogP contribution < -0.4 is 10.5 Å². The van der Waals surface area contributed by atoms with Crippen molar-refractivity contribution in [3.63, 3.8) is 0 Å². The fraction of sp³-hybridized carbons (Fsp3) is 0.300. The number of rotatable bonds is 4. The van der Waals surface area contributed by atoms with E-state index in [-0.39, 0.29) is 0 Å². The first kappa shape index (κ1) is 10.6. The first-order valence-corrected chi connectivity index (χ1v) is 4.95. The predicted molar refractivity (Wildman–Crippen MR) is 58.1 cm³/mol. The van der Waals surface area contributed by atoms with Gasteiger partial charge >= 0.3 is 6.01 Å². The van der Waals surface area contributed by atoms with Crippen molar-refractivity contribution in [1.29, 1.82) is 0 Å². The molecule has 2 rings (SSSR count). The molecule has 0 saturated carbocycles. The highest BCUT2D eigenvalue weighted by Gasteiger charge is 2.02.